The molecule has 0 saturated heterocycles. The predicted octanol–water partition coefficient (Wildman–Crippen LogP) is 3.40. The summed E-state index contributed by atoms with van der Waals surface area (Å²) in [4.78, 5) is 11.8. The van der Waals surface area contributed by atoms with Crippen LogP contribution in [0.1, 0.15) is 26.3 Å². The van der Waals surface area contributed by atoms with Gasteiger partial charge in [0.1, 0.15) is 0 Å². The molecule has 0 bridgehead atoms. The Morgan fingerprint density at radius 2 is 1.83 bits per heavy atom. The van der Waals surface area contributed by atoms with E-state index in [1.54, 1.807) is 6.08 Å². The quantitative estimate of drug-likeness (QED) is 0.800. The third kappa shape index (κ3) is 3.62. The van der Waals surface area contributed by atoms with Gasteiger partial charge < -0.3 is 10.6 Å². The van der Waals surface area contributed by atoms with Gasteiger partial charge in [-0.05, 0) is 29.8 Å². The van der Waals surface area contributed by atoms with Crippen LogP contribution < -0.4 is 10.6 Å². The summed E-state index contributed by atoms with van der Waals surface area (Å²) in [6, 6.07) is 5.99. The molecule has 0 aliphatic carbocycles. The Balaban J connectivity index is 2.97. The van der Waals surface area contributed by atoms with Crippen LogP contribution in [0.2, 0.25) is 0 Å². The molecule has 0 spiro atoms. The van der Waals surface area contributed by atoms with Crippen molar-refractivity contribution in [3.63, 3.8) is 0 Å². The fourth-order valence-corrected chi connectivity index (χ4v) is 1.49. The summed E-state index contributed by atoms with van der Waals surface area (Å²) >= 11 is 0. The molecule has 0 heterocycles. The molecule has 3 heteroatoms. The number of nitrogens with one attached hydrogen (secondary N) is 2. The van der Waals surface area contributed by atoms with Crippen molar-refractivity contribution in [2.75, 3.05) is 24.7 Å². The standard InChI is InChI=1S/C15H22N2O/c1-15(2,3)14(18)9-7-11-6-8-12(16-4)10-13(11)17-5/h6-10,16-17H,1-5H3. The van der Waals surface area contributed by atoms with Gasteiger partial charge >= 0.3 is 0 Å². The highest BCUT2D eigenvalue weighted by Crippen LogP contribution is 2.23. The molecule has 1 rings (SSSR count). The summed E-state index contributed by atoms with van der Waals surface area (Å²) in [7, 11) is 3.76. The van der Waals surface area contributed by atoms with Crippen LogP contribution in [0.15, 0.2) is 24.3 Å². The van der Waals surface area contributed by atoms with Gasteiger partial charge in [-0.1, -0.05) is 26.8 Å². The monoisotopic (exact) mass is 246 g/mol. The van der Waals surface area contributed by atoms with Gasteiger partial charge in [0.2, 0.25) is 0 Å². The maximum Gasteiger partial charge on any atom is 0.161 e. The van der Waals surface area contributed by atoms with E-state index in [1.165, 1.54) is 0 Å². The summed E-state index contributed by atoms with van der Waals surface area (Å²) in [6.07, 6.45) is 3.51. The minimum absolute atomic E-state index is 0.127. The van der Waals surface area contributed by atoms with Crippen molar-refractivity contribution in [3.8, 4) is 0 Å². The average Bonchev–Trinajstić information content (AvgIpc) is 2.34. The van der Waals surface area contributed by atoms with Gasteiger partial charge in [-0.2, -0.15) is 0 Å². The van der Waals surface area contributed by atoms with Crippen LogP contribution in [0.25, 0.3) is 6.08 Å². The summed E-state index contributed by atoms with van der Waals surface area (Å²) in [5.74, 6) is 0.127. The van der Waals surface area contributed by atoms with Gasteiger partial charge in [0, 0.05) is 30.9 Å². The lowest BCUT2D eigenvalue weighted by atomic mass is 9.90. The highest BCUT2D eigenvalue weighted by molar-refractivity contribution is 5.98. The van der Waals surface area contributed by atoms with E-state index in [1.807, 2.05) is 59.1 Å². The molecule has 0 aromatic heterocycles. The second kappa shape index (κ2) is 5.71. The molecule has 98 valence electrons. The van der Waals surface area contributed by atoms with E-state index >= 15 is 0 Å². The lowest BCUT2D eigenvalue weighted by molar-refractivity contribution is -0.121. The molecule has 2 N–H and O–H groups in total. The van der Waals surface area contributed by atoms with Crippen molar-refractivity contribution in [1.29, 1.82) is 0 Å². The van der Waals surface area contributed by atoms with E-state index in [-0.39, 0.29) is 11.2 Å². The van der Waals surface area contributed by atoms with Gasteiger partial charge in [-0.25, -0.2) is 0 Å². The molecule has 0 unspecified atom stereocenters. The van der Waals surface area contributed by atoms with E-state index in [9.17, 15) is 4.79 Å². The molecule has 0 amide bonds. The third-order valence-electron chi connectivity index (χ3n) is 2.76. The van der Waals surface area contributed by atoms with E-state index in [0.717, 1.165) is 16.9 Å². The summed E-state index contributed by atoms with van der Waals surface area (Å²) < 4.78 is 0. The molecule has 18 heavy (non-hydrogen) atoms. The van der Waals surface area contributed by atoms with Gasteiger partial charge in [-0.15, -0.1) is 0 Å². The summed E-state index contributed by atoms with van der Waals surface area (Å²) in [5, 5.41) is 6.22. The van der Waals surface area contributed by atoms with E-state index in [0.29, 0.717) is 0 Å². The van der Waals surface area contributed by atoms with Crippen LogP contribution in [0.4, 0.5) is 11.4 Å². The first-order chi connectivity index (χ1) is 8.38. The number of anilines is 2. The molecule has 0 fully saturated rings. The minimum Gasteiger partial charge on any atom is -0.388 e. The number of hydrogen-bond donors (Lipinski definition) is 2. The van der Waals surface area contributed by atoms with Crippen LogP contribution >= 0.6 is 0 Å². The maximum atomic E-state index is 11.8. The molecule has 0 radical (unpaired) electrons. The van der Waals surface area contributed by atoms with Gasteiger partial charge in [-0.3, -0.25) is 4.79 Å². The van der Waals surface area contributed by atoms with Crippen LogP contribution in [0.3, 0.4) is 0 Å². The highest BCUT2D eigenvalue weighted by Gasteiger charge is 2.17. The molecule has 0 aliphatic rings. The largest absolute Gasteiger partial charge is 0.388 e. The van der Waals surface area contributed by atoms with Crippen LogP contribution in [-0.4, -0.2) is 19.9 Å². The van der Waals surface area contributed by atoms with E-state index in [4.69, 9.17) is 0 Å². The number of carbonyl (C=O) groups is 1. The van der Waals surface area contributed by atoms with Gasteiger partial charge in [0.05, 0.1) is 0 Å². The number of ketones is 1. The number of carbonyl (C=O) groups excluding carboxylic acids is 1. The first-order valence-electron chi connectivity index (χ1n) is 6.10. The molecule has 3 nitrogen and oxygen atoms in total. The Kier molecular flexibility index (Phi) is 4.54. The van der Waals surface area contributed by atoms with Gasteiger partial charge in [0.15, 0.2) is 5.78 Å². The Bertz CT molecular complexity index is 456. The van der Waals surface area contributed by atoms with Crippen molar-refractivity contribution in [1.82, 2.24) is 0 Å². The zero-order valence-electron chi connectivity index (χ0n) is 11.8. The average molecular weight is 246 g/mol. The third-order valence-corrected chi connectivity index (χ3v) is 2.76. The van der Waals surface area contributed by atoms with Gasteiger partial charge in [0.25, 0.3) is 0 Å². The summed E-state index contributed by atoms with van der Waals surface area (Å²) in [6.45, 7) is 5.76. The second-order valence-corrected chi connectivity index (χ2v) is 5.25. The lowest BCUT2D eigenvalue weighted by Crippen LogP contribution is -2.17. The first kappa shape index (κ1) is 14.3. The molecular formula is C15H22N2O. The number of hydrogen-bond acceptors (Lipinski definition) is 3. The number of allylic oxidation sites excluding steroid dienone is 1. The SMILES string of the molecule is CNc1ccc(C=CC(=O)C(C)(C)C)c(NC)c1. The highest BCUT2D eigenvalue weighted by atomic mass is 16.1. The van der Waals surface area contributed by atoms with Crippen LogP contribution in [0.5, 0.6) is 0 Å². The Morgan fingerprint density at radius 1 is 1.17 bits per heavy atom. The smallest absolute Gasteiger partial charge is 0.161 e. The van der Waals surface area contributed by atoms with Crippen molar-refractivity contribution >= 4 is 23.2 Å². The van der Waals surface area contributed by atoms with Crippen LogP contribution in [-0.2, 0) is 4.79 Å². The maximum absolute atomic E-state index is 11.8. The normalized spacial score (nSPS) is 11.6. The van der Waals surface area contributed by atoms with Crippen molar-refractivity contribution in [2.24, 2.45) is 5.41 Å². The molecule has 0 atom stereocenters. The molecule has 0 saturated carbocycles. The topological polar surface area (TPSA) is 41.1 Å². The van der Waals surface area contributed by atoms with Crippen molar-refractivity contribution < 1.29 is 4.79 Å². The van der Waals surface area contributed by atoms with E-state index < -0.39 is 0 Å². The second-order valence-electron chi connectivity index (χ2n) is 5.25. The van der Waals surface area contributed by atoms with Crippen LogP contribution in [0, 0.1) is 5.41 Å². The Morgan fingerprint density at radius 3 is 2.33 bits per heavy atom. The Labute approximate surface area is 109 Å². The lowest BCUT2D eigenvalue weighted by Gasteiger charge is -2.13. The van der Waals surface area contributed by atoms with E-state index in [2.05, 4.69) is 10.6 Å². The fraction of sp³-hybridized carbons (Fsp3) is 0.400. The minimum atomic E-state index is -0.332. The zero-order valence-corrected chi connectivity index (χ0v) is 11.8. The van der Waals surface area contributed by atoms with Crippen molar-refractivity contribution in [2.45, 2.75) is 20.8 Å². The number of benzene rings is 1. The fourth-order valence-electron chi connectivity index (χ4n) is 1.49. The summed E-state index contributed by atoms with van der Waals surface area (Å²) in [5.41, 5.74) is 2.72. The molecular weight excluding hydrogens is 224 g/mol. The van der Waals surface area contributed by atoms with Crippen molar-refractivity contribution in [3.05, 3.63) is 29.8 Å². The molecule has 1 aromatic carbocycles. The molecule has 1 aromatic rings. The molecule has 0 aliphatic heterocycles. The first-order valence-corrected chi connectivity index (χ1v) is 6.10. The predicted molar refractivity (Wildman–Crippen MR) is 79.0 cm³/mol. The zero-order chi connectivity index (χ0) is 13.8. The number of rotatable bonds is 4. The Hall–Kier alpha value is -1.77.